The highest BCUT2D eigenvalue weighted by atomic mass is 35.5. The molecule has 0 bridgehead atoms. The summed E-state index contributed by atoms with van der Waals surface area (Å²) in [6, 6.07) is 3.38. The Morgan fingerprint density at radius 2 is 2.15 bits per heavy atom. The summed E-state index contributed by atoms with van der Waals surface area (Å²) >= 11 is 5.65. The SMILES string of the molecule is N=C(c1nonc1NCCCNS(N)(=O)=O)N(O)c1ccc(F)c(Cl)c1. The molecule has 2 aromatic rings. The third-order valence-corrected chi connectivity index (χ3v) is 3.92. The lowest BCUT2D eigenvalue weighted by atomic mass is 10.3. The predicted octanol–water partition coefficient (Wildman–Crippen LogP) is 0.678. The number of aromatic nitrogens is 2. The fourth-order valence-corrected chi connectivity index (χ4v) is 2.42. The van der Waals surface area contributed by atoms with E-state index in [1.165, 1.54) is 6.07 Å². The topological polar surface area (TPSA) is 170 Å². The first kappa shape index (κ1) is 20.0. The minimum absolute atomic E-state index is 0.0349. The average molecular weight is 408 g/mol. The number of hydrogen-bond acceptors (Lipinski definition) is 8. The van der Waals surface area contributed by atoms with Crippen molar-refractivity contribution in [2.45, 2.75) is 6.42 Å². The first-order valence-electron chi connectivity index (χ1n) is 7.06. The zero-order valence-corrected chi connectivity index (χ0v) is 14.7. The standard InChI is InChI=1S/C12H15ClFN7O4S/c13-8-6-7(2-3-9(8)14)21(22)11(15)10-12(20-25-19-10)17-4-1-5-18-26(16,23)24/h2-3,6,15,18,22H,1,4-5H2,(H,17,20)(H2,16,23,24). The van der Waals surface area contributed by atoms with Crippen molar-refractivity contribution in [3.8, 4) is 0 Å². The lowest BCUT2D eigenvalue weighted by Gasteiger charge is -2.16. The van der Waals surface area contributed by atoms with E-state index >= 15 is 0 Å². The van der Waals surface area contributed by atoms with Gasteiger partial charge in [0.15, 0.2) is 11.5 Å². The van der Waals surface area contributed by atoms with Gasteiger partial charge in [-0.15, -0.1) is 0 Å². The van der Waals surface area contributed by atoms with Gasteiger partial charge in [-0.1, -0.05) is 11.6 Å². The van der Waals surface area contributed by atoms with Crippen molar-refractivity contribution in [2.75, 3.05) is 23.5 Å². The van der Waals surface area contributed by atoms with E-state index in [1.807, 2.05) is 0 Å². The van der Waals surface area contributed by atoms with E-state index in [2.05, 4.69) is 25.0 Å². The van der Waals surface area contributed by atoms with Crippen LogP contribution >= 0.6 is 11.6 Å². The van der Waals surface area contributed by atoms with E-state index in [0.717, 1.165) is 12.1 Å². The summed E-state index contributed by atoms with van der Waals surface area (Å²) in [5, 5.41) is 32.9. The molecule has 142 valence electrons. The highest BCUT2D eigenvalue weighted by molar-refractivity contribution is 7.87. The zero-order chi connectivity index (χ0) is 19.3. The summed E-state index contributed by atoms with van der Waals surface area (Å²) in [6.07, 6.45) is 0.354. The van der Waals surface area contributed by atoms with E-state index in [-0.39, 0.29) is 35.3 Å². The molecule has 1 aromatic carbocycles. The summed E-state index contributed by atoms with van der Waals surface area (Å²) in [5.74, 6) is -1.12. The van der Waals surface area contributed by atoms with Gasteiger partial charge in [-0.3, -0.25) is 10.6 Å². The second-order valence-electron chi connectivity index (χ2n) is 4.94. The van der Waals surface area contributed by atoms with Crippen molar-refractivity contribution in [1.29, 1.82) is 5.41 Å². The van der Waals surface area contributed by atoms with Gasteiger partial charge in [-0.25, -0.2) is 23.9 Å². The van der Waals surface area contributed by atoms with E-state index in [1.54, 1.807) is 0 Å². The van der Waals surface area contributed by atoms with Crippen LogP contribution in [0, 0.1) is 11.2 Å². The molecule has 0 saturated carbocycles. The van der Waals surface area contributed by atoms with E-state index < -0.39 is 21.9 Å². The molecular formula is C12H15ClFN7O4S. The Balaban J connectivity index is 1.99. The fraction of sp³-hybridized carbons (Fsp3) is 0.250. The Kier molecular flexibility index (Phi) is 6.44. The minimum atomic E-state index is -3.76. The van der Waals surface area contributed by atoms with E-state index in [4.69, 9.17) is 22.1 Å². The molecule has 0 spiro atoms. The maximum Gasteiger partial charge on any atom is 0.274 e. The van der Waals surface area contributed by atoms with Crippen LogP contribution in [0.1, 0.15) is 12.1 Å². The molecule has 0 amide bonds. The Morgan fingerprint density at radius 3 is 2.81 bits per heavy atom. The molecule has 0 radical (unpaired) electrons. The molecule has 1 heterocycles. The lowest BCUT2D eigenvalue weighted by molar-refractivity contribution is 0.300. The first-order valence-corrected chi connectivity index (χ1v) is 8.98. The normalized spacial score (nSPS) is 11.4. The molecule has 26 heavy (non-hydrogen) atoms. The molecule has 6 N–H and O–H groups in total. The molecule has 0 aliphatic heterocycles. The molecule has 0 unspecified atom stereocenters. The number of nitrogens with one attached hydrogen (secondary N) is 3. The van der Waals surface area contributed by atoms with Gasteiger partial charge in [-0.2, -0.15) is 8.42 Å². The number of anilines is 2. The summed E-state index contributed by atoms with van der Waals surface area (Å²) in [7, 11) is -3.76. The predicted molar refractivity (Wildman–Crippen MR) is 91.0 cm³/mol. The van der Waals surface area contributed by atoms with Crippen LogP contribution in [0.5, 0.6) is 0 Å². The molecule has 0 aliphatic rings. The van der Waals surface area contributed by atoms with Gasteiger partial charge in [0.05, 0.1) is 10.7 Å². The molecule has 0 aliphatic carbocycles. The smallest absolute Gasteiger partial charge is 0.274 e. The van der Waals surface area contributed by atoms with Gasteiger partial charge >= 0.3 is 0 Å². The molecular weight excluding hydrogens is 393 g/mol. The summed E-state index contributed by atoms with van der Waals surface area (Å²) in [4.78, 5) is 0. The number of benzene rings is 1. The fourth-order valence-electron chi connectivity index (χ4n) is 1.82. The van der Waals surface area contributed by atoms with Gasteiger partial charge in [0, 0.05) is 13.1 Å². The molecule has 0 atom stereocenters. The summed E-state index contributed by atoms with van der Waals surface area (Å²) in [5.41, 5.74) is -0.0833. The van der Waals surface area contributed by atoms with Crippen molar-refractivity contribution in [3.05, 3.63) is 34.7 Å². The number of hydroxylamine groups is 1. The highest BCUT2D eigenvalue weighted by Crippen LogP contribution is 2.23. The first-order chi connectivity index (χ1) is 12.2. The lowest BCUT2D eigenvalue weighted by Crippen LogP contribution is -2.32. The second-order valence-corrected chi connectivity index (χ2v) is 6.73. The van der Waals surface area contributed by atoms with Crippen LogP contribution in [-0.4, -0.2) is 42.9 Å². The van der Waals surface area contributed by atoms with E-state index in [0.29, 0.717) is 11.5 Å². The van der Waals surface area contributed by atoms with Crippen LogP contribution in [-0.2, 0) is 10.2 Å². The monoisotopic (exact) mass is 407 g/mol. The minimum Gasteiger partial charge on any atom is -0.365 e. The number of hydrogen-bond donors (Lipinski definition) is 5. The van der Waals surface area contributed by atoms with Crippen molar-refractivity contribution in [3.63, 3.8) is 0 Å². The van der Waals surface area contributed by atoms with Crippen LogP contribution in [0.15, 0.2) is 22.8 Å². The number of halogens is 2. The Labute approximate surface area is 152 Å². The molecule has 11 nitrogen and oxygen atoms in total. The van der Waals surface area contributed by atoms with Crippen molar-refractivity contribution in [1.82, 2.24) is 15.0 Å². The van der Waals surface area contributed by atoms with Gasteiger partial charge in [0.1, 0.15) is 5.82 Å². The summed E-state index contributed by atoms with van der Waals surface area (Å²) < 4.78 is 41.3. The average Bonchev–Trinajstić information content (AvgIpc) is 3.03. The number of amidine groups is 1. The van der Waals surface area contributed by atoms with Gasteiger partial charge in [0.2, 0.25) is 5.82 Å². The number of nitrogens with zero attached hydrogens (tertiary/aromatic N) is 3. The largest absolute Gasteiger partial charge is 0.365 e. The van der Waals surface area contributed by atoms with Crippen molar-refractivity contribution < 1.29 is 22.6 Å². The van der Waals surface area contributed by atoms with Gasteiger partial charge in [-0.05, 0) is 34.9 Å². The maximum absolute atomic E-state index is 13.2. The molecule has 0 fully saturated rings. The van der Waals surface area contributed by atoms with Gasteiger partial charge in [0.25, 0.3) is 10.2 Å². The second kappa shape index (κ2) is 8.37. The van der Waals surface area contributed by atoms with Crippen LogP contribution in [0.25, 0.3) is 0 Å². The van der Waals surface area contributed by atoms with Crippen LogP contribution in [0.3, 0.4) is 0 Å². The van der Waals surface area contributed by atoms with E-state index in [9.17, 15) is 18.0 Å². The van der Waals surface area contributed by atoms with Crippen molar-refractivity contribution in [2.24, 2.45) is 5.14 Å². The van der Waals surface area contributed by atoms with Crippen LogP contribution in [0.4, 0.5) is 15.9 Å². The quantitative estimate of drug-likeness (QED) is 0.184. The van der Waals surface area contributed by atoms with Crippen LogP contribution < -0.4 is 20.2 Å². The van der Waals surface area contributed by atoms with Crippen LogP contribution in [0.2, 0.25) is 5.02 Å². The highest BCUT2D eigenvalue weighted by Gasteiger charge is 2.21. The Morgan fingerprint density at radius 1 is 1.42 bits per heavy atom. The maximum atomic E-state index is 13.2. The summed E-state index contributed by atoms with van der Waals surface area (Å²) in [6.45, 7) is 0.342. The molecule has 0 saturated heterocycles. The number of nitrogens with two attached hydrogens (primary N) is 1. The Bertz CT molecular complexity index is 891. The Hall–Kier alpha value is -2.32. The molecule has 14 heteroatoms. The zero-order valence-electron chi connectivity index (χ0n) is 13.1. The molecule has 1 aromatic heterocycles. The number of rotatable bonds is 8. The molecule has 2 rings (SSSR count). The third kappa shape index (κ3) is 5.34. The van der Waals surface area contributed by atoms with Gasteiger partial charge < -0.3 is 5.32 Å². The van der Waals surface area contributed by atoms with Crippen molar-refractivity contribution >= 4 is 39.2 Å². The third-order valence-electron chi connectivity index (χ3n) is 3.02.